The van der Waals surface area contributed by atoms with Gasteiger partial charge >= 0.3 is 7.60 Å². The summed E-state index contributed by atoms with van der Waals surface area (Å²) < 4.78 is 30.0. The minimum Gasteiger partial charge on any atom is -0.504 e. The Labute approximate surface area is 172 Å². The van der Waals surface area contributed by atoms with Crippen LogP contribution in [-0.4, -0.2) is 30.4 Å². The van der Waals surface area contributed by atoms with Crippen LogP contribution in [0.3, 0.4) is 0 Å². The van der Waals surface area contributed by atoms with Crippen LogP contribution in [-0.2, 0) is 13.6 Å². The summed E-state index contributed by atoms with van der Waals surface area (Å²) in [6, 6.07) is 7.12. The molecule has 0 fully saturated rings. The van der Waals surface area contributed by atoms with Crippen LogP contribution in [0.15, 0.2) is 30.5 Å². The number of anilines is 1. The molecule has 0 unspecified atom stereocenters. The van der Waals surface area contributed by atoms with Crippen LogP contribution in [0.1, 0.15) is 36.4 Å². The average molecular weight is 420 g/mol. The zero-order valence-electron chi connectivity index (χ0n) is 17.8. The molecule has 7 nitrogen and oxygen atoms in total. The number of phenols is 1. The van der Waals surface area contributed by atoms with E-state index in [0.29, 0.717) is 16.4 Å². The fraction of sp³-hybridized carbons (Fsp3) is 0.381. The van der Waals surface area contributed by atoms with Gasteiger partial charge in [0.2, 0.25) is 0 Å². The Hall–Kier alpha value is -2.34. The fourth-order valence-electron chi connectivity index (χ4n) is 2.87. The van der Waals surface area contributed by atoms with E-state index >= 15 is 0 Å². The van der Waals surface area contributed by atoms with E-state index in [9.17, 15) is 9.67 Å². The standard InChI is InChI=1S/C21H29N2O5P/c1-7-27-29(25,28-8-2)20(13-22-18-10-9-15(4)23-16(18)5)17-11-14(3)21(24)19(12-17)26-6/h9-13,22,24H,7-8H2,1-6H3/b20-13-. The molecule has 2 aromatic rings. The first kappa shape index (κ1) is 22.9. The van der Waals surface area contributed by atoms with Gasteiger partial charge in [0.05, 0.1) is 37.0 Å². The highest BCUT2D eigenvalue weighted by molar-refractivity contribution is 7.65. The summed E-state index contributed by atoms with van der Waals surface area (Å²) in [5.41, 5.74) is 3.63. The molecule has 1 aromatic carbocycles. The minimum absolute atomic E-state index is 0.0322. The van der Waals surface area contributed by atoms with E-state index in [0.717, 1.165) is 17.1 Å². The van der Waals surface area contributed by atoms with E-state index < -0.39 is 7.60 Å². The van der Waals surface area contributed by atoms with E-state index in [1.54, 1.807) is 39.1 Å². The van der Waals surface area contributed by atoms with E-state index in [-0.39, 0.29) is 24.7 Å². The Kier molecular flexibility index (Phi) is 7.85. The normalized spacial score (nSPS) is 12.1. The van der Waals surface area contributed by atoms with Gasteiger partial charge in [0.1, 0.15) is 0 Å². The van der Waals surface area contributed by atoms with Gasteiger partial charge in [-0.15, -0.1) is 0 Å². The van der Waals surface area contributed by atoms with Crippen LogP contribution in [0.4, 0.5) is 5.69 Å². The molecule has 0 atom stereocenters. The molecule has 0 radical (unpaired) electrons. The van der Waals surface area contributed by atoms with Crippen LogP contribution in [0.25, 0.3) is 5.31 Å². The molecule has 1 aromatic heterocycles. The van der Waals surface area contributed by atoms with Crippen molar-refractivity contribution in [3.63, 3.8) is 0 Å². The second-order valence-electron chi connectivity index (χ2n) is 6.44. The molecule has 29 heavy (non-hydrogen) atoms. The zero-order chi connectivity index (χ0) is 21.6. The van der Waals surface area contributed by atoms with Gasteiger partial charge in [0.15, 0.2) is 11.5 Å². The highest BCUT2D eigenvalue weighted by Crippen LogP contribution is 2.61. The number of methoxy groups -OCH3 is 1. The van der Waals surface area contributed by atoms with Crippen molar-refractivity contribution < 1.29 is 23.5 Å². The van der Waals surface area contributed by atoms with Crippen molar-refractivity contribution in [1.29, 1.82) is 0 Å². The summed E-state index contributed by atoms with van der Waals surface area (Å²) in [6.45, 7) is 9.50. The first-order valence-corrected chi connectivity index (χ1v) is 11.0. The molecular weight excluding hydrogens is 391 g/mol. The Balaban J connectivity index is 2.62. The van der Waals surface area contributed by atoms with Crippen LogP contribution in [0.2, 0.25) is 0 Å². The van der Waals surface area contributed by atoms with Crippen LogP contribution >= 0.6 is 7.60 Å². The lowest BCUT2D eigenvalue weighted by molar-refractivity contribution is 0.230. The smallest absolute Gasteiger partial charge is 0.363 e. The first-order valence-electron chi connectivity index (χ1n) is 9.44. The molecule has 0 aliphatic rings. The Morgan fingerprint density at radius 1 is 1.17 bits per heavy atom. The maximum Gasteiger partial charge on any atom is 0.363 e. The number of pyridine rings is 1. The summed E-state index contributed by atoms with van der Waals surface area (Å²) in [5.74, 6) is 0.309. The number of benzene rings is 1. The molecule has 158 valence electrons. The largest absolute Gasteiger partial charge is 0.504 e. The lowest BCUT2D eigenvalue weighted by Crippen LogP contribution is -2.03. The van der Waals surface area contributed by atoms with E-state index in [2.05, 4.69) is 10.3 Å². The van der Waals surface area contributed by atoms with Crippen LogP contribution in [0.5, 0.6) is 11.5 Å². The second-order valence-corrected chi connectivity index (χ2v) is 8.43. The van der Waals surface area contributed by atoms with Gasteiger partial charge in [-0.2, -0.15) is 0 Å². The average Bonchev–Trinajstić information content (AvgIpc) is 2.66. The number of phenolic OH excluding ortho intramolecular Hbond substituents is 1. The third-order valence-electron chi connectivity index (χ3n) is 4.26. The minimum atomic E-state index is -3.64. The van der Waals surface area contributed by atoms with Gasteiger partial charge in [-0.3, -0.25) is 9.55 Å². The van der Waals surface area contributed by atoms with Crippen molar-refractivity contribution in [3.8, 4) is 11.5 Å². The number of ether oxygens (including phenoxy) is 1. The zero-order valence-corrected chi connectivity index (χ0v) is 18.7. The quantitative estimate of drug-likeness (QED) is 0.525. The van der Waals surface area contributed by atoms with Gasteiger partial charge in [0.25, 0.3) is 0 Å². The van der Waals surface area contributed by atoms with Gasteiger partial charge in [-0.05, 0) is 70.0 Å². The lowest BCUT2D eigenvalue weighted by atomic mass is 10.1. The summed E-state index contributed by atoms with van der Waals surface area (Å²) in [6.07, 6.45) is 1.61. The van der Waals surface area contributed by atoms with Gasteiger partial charge < -0.3 is 24.2 Å². The summed E-state index contributed by atoms with van der Waals surface area (Å²) in [7, 11) is -2.17. The van der Waals surface area contributed by atoms with Crippen molar-refractivity contribution in [2.45, 2.75) is 34.6 Å². The fourth-order valence-corrected chi connectivity index (χ4v) is 4.57. The molecule has 2 N–H and O–H groups in total. The SMILES string of the molecule is CCOP(=O)(OCC)/C(=C\Nc1ccc(C)nc1C)c1cc(C)c(O)c(OC)c1. The number of hydrogen-bond acceptors (Lipinski definition) is 7. The Morgan fingerprint density at radius 2 is 1.83 bits per heavy atom. The number of nitrogens with zero attached hydrogens (tertiary/aromatic N) is 1. The molecule has 0 aliphatic heterocycles. The predicted molar refractivity (Wildman–Crippen MR) is 116 cm³/mol. The Morgan fingerprint density at radius 3 is 2.38 bits per heavy atom. The van der Waals surface area contributed by atoms with E-state index in [1.807, 2.05) is 26.0 Å². The number of nitrogens with one attached hydrogen (secondary N) is 1. The monoisotopic (exact) mass is 420 g/mol. The predicted octanol–water partition coefficient (Wildman–Crippen LogP) is 5.40. The molecule has 0 saturated heterocycles. The number of hydrogen-bond donors (Lipinski definition) is 2. The van der Waals surface area contributed by atoms with E-state index in [4.69, 9.17) is 13.8 Å². The van der Waals surface area contributed by atoms with Gasteiger partial charge in [-0.1, -0.05) is 0 Å². The number of aryl methyl sites for hydroxylation is 3. The van der Waals surface area contributed by atoms with Crippen LogP contribution < -0.4 is 10.1 Å². The first-order chi connectivity index (χ1) is 13.8. The highest BCUT2D eigenvalue weighted by Gasteiger charge is 2.32. The molecule has 8 heteroatoms. The molecule has 0 spiro atoms. The maximum absolute atomic E-state index is 13.6. The van der Waals surface area contributed by atoms with Crippen molar-refractivity contribution in [3.05, 3.63) is 53.0 Å². The van der Waals surface area contributed by atoms with Crippen molar-refractivity contribution >= 4 is 18.6 Å². The van der Waals surface area contributed by atoms with Crippen molar-refractivity contribution in [1.82, 2.24) is 4.98 Å². The molecule has 0 saturated carbocycles. The molecule has 2 rings (SSSR count). The molecule has 1 heterocycles. The lowest BCUT2D eigenvalue weighted by Gasteiger charge is -2.22. The summed E-state index contributed by atoms with van der Waals surface area (Å²) in [5, 5.41) is 13.7. The van der Waals surface area contributed by atoms with Crippen molar-refractivity contribution in [2.75, 3.05) is 25.6 Å². The second kappa shape index (κ2) is 9.92. The number of aromatic nitrogens is 1. The molecule has 0 amide bonds. The van der Waals surface area contributed by atoms with Gasteiger partial charge in [-0.25, -0.2) is 0 Å². The molecule has 0 bridgehead atoms. The van der Waals surface area contributed by atoms with Gasteiger partial charge in [0, 0.05) is 11.9 Å². The number of aromatic hydroxyl groups is 1. The van der Waals surface area contributed by atoms with E-state index in [1.165, 1.54) is 7.11 Å². The highest BCUT2D eigenvalue weighted by atomic mass is 31.2. The number of rotatable bonds is 9. The third kappa shape index (κ3) is 5.38. The maximum atomic E-state index is 13.6. The van der Waals surface area contributed by atoms with Crippen molar-refractivity contribution in [2.24, 2.45) is 0 Å². The Bertz CT molecular complexity index is 933. The topological polar surface area (TPSA) is 89.9 Å². The third-order valence-corrected chi connectivity index (χ3v) is 6.44. The summed E-state index contributed by atoms with van der Waals surface area (Å²) >= 11 is 0. The van der Waals surface area contributed by atoms with Crippen LogP contribution in [0, 0.1) is 20.8 Å². The molecule has 0 aliphatic carbocycles. The summed E-state index contributed by atoms with van der Waals surface area (Å²) in [4.78, 5) is 4.44. The molecular formula is C21H29N2O5P.